The maximum absolute atomic E-state index is 12.2. The quantitative estimate of drug-likeness (QED) is 0.299. The highest BCUT2D eigenvalue weighted by Crippen LogP contribution is 2.25. The Bertz CT molecular complexity index is 815. The summed E-state index contributed by atoms with van der Waals surface area (Å²) in [5.74, 6) is 2.01. The van der Waals surface area contributed by atoms with Crippen molar-refractivity contribution >= 4 is 35.8 Å². The number of carbonyl (C=O) groups is 1. The number of benzene rings is 2. The van der Waals surface area contributed by atoms with Gasteiger partial charge in [-0.05, 0) is 24.6 Å². The Labute approximate surface area is 195 Å². The molecule has 0 atom stereocenters. The van der Waals surface area contributed by atoms with Gasteiger partial charge in [-0.1, -0.05) is 30.3 Å². The lowest BCUT2D eigenvalue weighted by Crippen LogP contribution is -2.39. The second-order valence-electron chi connectivity index (χ2n) is 6.47. The van der Waals surface area contributed by atoms with Crippen LogP contribution in [0.2, 0.25) is 0 Å². The van der Waals surface area contributed by atoms with E-state index in [1.54, 1.807) is 14.2 Å². The molecule has 7 nitrogen and oxygen atoms in total. The minimum absolute atomic E-state index is 0. The summed E-state index contributed by atoms with van der Waals surface area (Å²) in [6.45, 7) is 3.82. The van der Waals surface area contributed by atoms with Gasteiger partial charge in [0.05, 0.1) is 14.2 Å². The fraction of sp³-hybridized carbons (Fsp3) is 0.364. The first-order chi connectivity index (χ1) is 14.1. The molecule has 0 aliphatic rings. The molecule has 2 aromatic carbocycles. The number of amides is 1. The molecule has 0 aliphatic carbocycles. The average molecular weight is 526 g/mol. The Balaban J connectivity index is 0.00000450. The third-order valence-electron chi connectivity index (χ3n) is 4.30. The van der Waals surface area contributed by atoms with Crippen molar-refractivity contribution in [1.82, 2.24) is 15.5 Å². The largest absolute Gasteiger partial charge is 0.497 e. The van der Waals surface area contributed by atoms with E-state index in [4.69, 9.17) is 9.47 Å². The van der Waals surface area contributed by atoms with Crippen LogP contribution in [-0.2, 0) is 17.9 Å². The van der Waals surface area contributed by atoms with Gasteiger partial charge in [-0.15, -0.1) is 24.0 Å². The Kier molecular flexibility index (Phi) is 11.7. The average Bonchev–Trinajstić information content (AvgIpc) is 2.76. The van der Waals surface area contributed by atoms with Gasteiger partial charge in [0, 0.05) is 38.3 Å². The molecule has 0 heterocycles. The van der Waals surface area contributed by atoms with Crippen molar-refractivity contribution in [3.05, 3.63) is 59.7 Å². The van der Waals surface area contributed by atoms with E-state index < -0.39 is 0 Å². The van der Waals surface area contributed by atoms with Gasteiger partial charge in [-0.3, -0.25) is 4.79 Å². The van der Waals surface area contributed by atoms with Crippen molar-refractivity contribution in [2.24, 2.45) is 4.99 Å². The van der Waals surface area contributed by atoms with Crippen LogP contribution in [0.15, 0.2) is 53.5 Å². The molecule has 164 valence electrons. The zero-order chi connectivity index (χ0) is 21.1. The molecule has 0 aliphatic heterocycles. The molecular formula is C22H31IN4O3. The lowest BCUT2D eigenvalue weighted by molar-refractivity contribution is -0.119. The normalized spacial score (nSPS) is 10.6. The molecule has 0 radical (unpaired) electrons. The fourth-order valence-electron chi connectivity index (χ4n) is 2.78. The fourth-order valence-corrected chi connectivity index (χ4v) is 2.78. The Morgan fingerprint density at radius 1 is 1.07 bits per heavy atom. The summed E-state index contributed by atoms with van der Waals surface area (Å²) in [7, 11) is 5.18. The maximum Gasteiger partial charge on any atom is 0.242 e. The number of halogens is 1. The lowest BCUT2D eigenvalue weighted by Gasteiger charge is -2.23. The van der Waals surface area contributed by atoms with Crippen LogP contribution in [0.25, 0.3) is 0 Å². The van der Waals surface area contributed by atoms with Gasteiger partial charge in [0.2, 0.25) is 5.91 Å². The number of carbonyl (C=O) groups excluding carboxylic acids is 1. The van der Waals surface area contributed by atoms with Crippen LogP contribution in [0.3, 0.4) is 0 Å². The highest BCUT2D eigenvalue weighted by atomic mass is 127. The van der Waals surface area contributed by atoms with E-state index in [1.807, 2.05) is 67.4 Å². The summed E-state index contributed by atoms with van der Waals surface area (Å²) >= 11 is 0. The predicted octanol–water partition coefficient (Wildman–Crippen LogP) is 3.04. The topological polar surface area (TPSA) is 75.2 Å². The Hall–Kier alpha value is -2.49. The van der Waals surface area contributed by atoms with Gasteiger partial charge < -0.3 is 25.0 Å². The van der Waals surface area contributed by atoms with E-state index in [1.165, 1.54) is 0 Å². The van der Waals surface area contributed by atoms with Crippen LogP contribution in [0.4, 0.5) is 0 Å². The van der Waals surface area contributed by atoms with Gasteiger partial charge >= 0.3 is 0 Å². The number of rotatable bonds is 9. The first-order valence-electron chi connectivity index (χ1n) is 9.58. The second-order valence-corrected chi connectivity index (χ2v) is 6.47. The molecule has 0 unspecified atom stereocenters. The van der Waals surface area contributed by atoms with Crippen LogP contribution in [0.5, 0.6) is 11.5 Å². The summed E-state index contributed by atoms with van der Waals surface area (Å²) in [6, 6.07) is 15.5. The highest BCUT2D eigenvalue weighted by molar-refractivity contribution is 14.0. The SMILES string of the molecule is CCNC(=NCC(=O)NCc1ccccc1)N(C)Cc1ccc(OC)cc1OC.I. The number of aliphatic imine (C=N–C) groups is 1. The number of nitrogens with zero attached hydrogens (tertiary/aromatic N) is 2. The minimum Gasteiger partial charge on any atom is -0.497 e. The van der Waals surface area contributed by atoms with Crippen molar-refractivity contribution in [3.63, 3.8) is 0 Å². The lowest BCUT2D eigenvalue weighted by atomic mass is 10.2. The second kappa shape index (κ2) is 13.7. The Morgan fingerprint density at radius 3 is 2.43 bits per heavy atom. The third-order valence-corrected chi connectivity index (χ3v) is 4.30. The molecule has 2 aromatic rings. The number of nitrogens with one attached hydrogen (secondary N) is 2. The number of hydrogen-bond donors (Lipinski definition) is 2. The van der Waals surface area contributed by atoms with E-state index in [-0.39, 0.29) is 36.4 Å². The molecule has 0 saturated carbocycles. The van der Waals surface area contributed by atoms with E-state index >= 15 is 0 Å². The van der Waals surface area contributed by atoms with E-state index in [0.29, 0.717) is 25.6 Å². The zero-order valence-corrected chi connectivity index (χ0v) is 20.3. The molecule has 8 heteroatoms. The molecular weight excluding hydrogens is 495 g/mol. The van der Waals surface area contributed by atoms with Crippen molar-refractivity contribution in [1.29, 1.82) is 0 Å². The first-order valence-corrected chi connectivity index (χ1v) is 9.58. The van der Waals surface area contributed by atoms with Gasteiger partial charge in [0.25, 0.3) is 0 Å². The first kappa shape index (κ1) is 25.5. The van der Waals surface area contributed by atoms with E-state index in [9.17, 15) is 4.79 Å². The molecule has 0 aromatic heterocycles. The number of guanidine groups is 1. The molecule has 0 bridgehead atoms. The molecule has 2 N–H and O–H groups in total. The van der Waals surface area contributed by atoms with Gasteiger partial charge in [-0.2, -0.15) is 0 Å². The molecule has 0 saturated heterocycles. The standard InChI is InChI=1S/C22H30N4O3.HI/c1-5-23-22(25-15-21(27)24-14-17-9-7-6-8-10-17)26(2)16-18-11-12-19(28-3)13-20(18)29-4;/h6-13H,5,14-16H2,1-4H3,(H,23,25)(H,24,27);1H. The molecule has 0 spiro atoms. The van der Waals surface area contributed by atoms with Crippen molar-refractivity contribution in [2.45, 2.75) is 20.0 Å². The zero-order valence-electron chi connectivity index (χ0n) is 18.0. The van der Waals surface area contributed by atoms with Crippen molar-refractivity contribution in [3.8, 4) is 11.5 Å². The number of methoxy groups -OCH3 is 2. The van der Waals surface area contributed by atoms with Crippen molar-refractivity contribution < 1.29 is 14.3 Å². The van der Waals surface area contributed by atoms with Crippen molar-refractivity contribution in [2.75, 3.05) is 34.4 Å². The van der Waals surface area contributed by atoms with Crippen LogP contribution in [0.1, 0.15) is 18.1 Å². The van der Waals surface area contributed by atoms with Gasteiger partial charge in [0.1, 0.15) is 18.0 Å². The summed E-state index contributed by atoms with van der Waals surface area (Å²) < 4.78 is 10.7. The summed E-state index contributed by atoms with van der Waals surface area (Å²) in [5, 5.41) is 6.11. The summed E-state index contributed by atoms with van der Waals surface area (Å²) in [5.41, 5.74) is 2.05. The third kappa shape index (κ3) is 8.10. The number of ether oxygens (including phenoxy) is 2. The summed E-state index contributed by atoms with van der Waals surface area (Å²) in [4.78, 5) is 18.6. The monoisotopic (exact) mass is 526 g/mol. The maximum atomic E-state index is 12.2. The molecule has 30 heavy (non-hydrogen) atoms. The van der Waals surface area contributed by atoms with E-state index in [0.717, 1.165) is 22.6 Å². The van der Waals surface area contributed by atoms with Crippen LogP contribution < -0.4 is 20.1 Å². The van der Waals surface area contributed by atoms with Crippen LogP contribution >= 0.6 is 24.0 Å². The smallest absolute Gasteiger partial charge is 0.242 e. The van der Waals surface area contributed by atoms with Gasteiger partial charge in [0.15, 0.2) is 5.96 Å². The van der Waals surface area contributed by atoms with Crippen LogP contribution in [0, 0.1) is 0 Å². The highest BCUT2D eigenvalue weighted by Gasteiger charge is 2.12. The molecule has 1 amide bonds. The molecule has 0 fully saturated rings. The molecule has 2 rings (SSSR count). The van der Waals surface area contributed by atoms with Crippen LogP contribution in [-0.4, -0.2) is 51.1 Å². The number of hydrogen-bond acceptors (Lipinski definition) is 4. The van der Waals surface area contributed by atoms with E-state index in [2.05, 4.69) is 15.6 Å². The summed E-state index contributed by atoms with van der Waals surface area (Å²) in [6.07, 6.45) is 0. The van der Waals surface area contributed by atoms with Gasteiger partial charge in [-0.25, -0.2) is 4.99 Å². The minimum atomic E-state index is -0.125. The predicted molar refractivity (Wildman–Crippen MR) is 131 cm³/mol. The Morgan fingerprint density at radius 2 is 1.80 bits per heavy atom.